The number of nitrogens with zero attached hydrogens (tertiary/aromatic N) is 1. The molecule has 2 aromatic rings. The van der Waals surface area contributed by atoms with Gasteiger partial charge in [-0.3, -0.25) is 4.98 Å². The fraction of sp³-hybridized carbons (Fsp3) is 0.182. The van der Waals surface area contributed by atoms with Crippen molar-refractivity contribution in [3.05, 3.63) is 41.8 Å². The largest absolute Gasteiger partial charge is 0.253 e. The van der Waals surface area contributed by atoms with Gasteiger partial charge in [0.15, 0.2) is 0 Å². The minimum Gasteiger partial charge on any atom is -0.253 e. The Morgan fingerprint density at radius 1 is 1.21 bits per heavy atom. The Morgan fingerprint density at radius 2 is 2.07 bits per heavy atom. The summed E-state index contributed by atoms with van der Waals surface area (Å²) in [5, 5.41) is 1.75. The molecule has 14 heavy (non-hydrogen) atoms. The fourth-order valence-electron chi connectivity index (χ4n) is 1.37. The van der Waals surface area contributed by atoms with E-state index in [4.69, 9.17) is 0 Å². The highest BCUT2D eigenvalue weighted by molar-refractivity contribution is 9.09. The molecule has 0 atom stereocenters. The molecule has 0 saturated carbocycles. The highest BCUT2D eigenvalue weighted by Crippen LogP contribution is 2.14. The van der Waals surface area contributed by atoms with Crippen LogP contribution in [0.2, 0.25) is 0 Å². The third-order valence-corrected chi connectivity index (χ3v) is 2.46. The summed E-state index contributed by atoms with van der Waals surface area (Å²) >= 11 is 3.36. The highest BCUT2D eigenvalue weighted by atomic mass is 79.9. The van der Waals surface area contributed by atoms with Crippen LogP contribution in [0.4, 0.5) is 4.39 Å². The Bertz CT molecular complexity index is 456. The number of rotatable bonds is 2. The smallest absolute Gasteiger partial charge is 0.123 e. The number of aromatic nitrogens is 1. The topological polar surface area (TPSA) is 12.9 Å². The van der Waals surface area contributed by atoms with Gasteiger partial charge in [-0.2, -0.15) is 0 Å². The first-order valence-corrected chi connectivity index (χ1v) is 5.53. The number of alkyl halides is 1. The van der Waals surface area contributed by atoms with Crippen LogP contribution in [-0.4, -0.2) is 10.3 Å². The van der Waals surface area contributed by atoms with Crippen LogP contribution in [0.1, 0.15) is 5.69 Å². The van der Waals surface area contributed by atoms with Gasteiger partial charge >= 0.3 is 0 Å². The quantitative estimate of drug-likeness (QED) is 0.749. The number of pyridine rings is 1. The third-order valence-electron chi connectivity index (χ3n) is 2.06. The molecule has 0 bridgehead atoms. The van der Waals surface area contributed by atoms with Crippen molar-refractivity contribution in [1.82, 2.24) is 4.98 Å². The number of fused-ring (bicyclic) bond motifs is 1. The van der Waals surface area contributed by atoms with Crippen molar-refractivity contribution in [1.29, 1.82) is 0 Å². The second-order valence-electron chi connectivity index (χ2n) is 3.08. The van der Waals surface area contributed by atoms with Crippen molar-refractivity contribution in [3.8, 4) is 0 Å². The van der Waals surface area contributed by atoms with E-state index in [9.17, 15) is 4.39 Å². The summed E-state index contributed by atoms with van der Waals surface area (Å²) < 4.78 is 12.8. The number of halogens is 2. The lowest BCUT2D eigenvalue weighted by Crippen LogP contribution is -1.91. The van der Waals surface area contributed by atoms with Crippen molar-refractivity contribution >= 4 is 26.8 Å². The van der Waals surface area contributed by atoms with Crippen molar-refractivity contribution in [2.24, 2.45) is 0 Å². The average molecular weight is 254 g/mol. The average Bonchev–Trinajstić information content (AvgIpc) is 2.19. The lowest BCUT2D eigenvalue weighted by molar-refractivity contribution is 0.629. The molecule has 1 aromatic heterocycles. The van der Waals surface area contributed by atoms with E-state index in [1.807, 2.05) is 12.1 Å². The molecule has 0 unspecified atom stereocenters. The van der Waals surface area contributed by atoms with E-state index in [0.29, 0.717) is 0 Å². The van der Waals surface area contributed by atoms with Crippen LogP contribution in [0.5, 0.6) is 0 Å². The zero-order chi connectivity index (χ0) is 9.97. The van der Waals surface area contributed by atoms with E-state index < -0.39 is 0 Å². The standard InChI is InChI=1S/C11H9BrFN/c12-6-5-10-3-1-8-7-9(13)2-4-11(8)14-10/h1-4,7H,5-6H2. The van der Waals surface area contributed by atoms with Gasteiger partial charge in [0.2, 0.25) is 0 Å². The van der Waals surface area contributed by atoms with E-state index in [2.05, 4.69) is 20.9 Å². The number of hydrogen-bond acceptors (Lipinski definition) is 1. The molecule has 0 aliphatic heterocycles. The Balaban J connectivity index is 2.50. The molecule has 2 rings (SSSR count). The second-order valence-corrected chi connectivity index (χ2v) is 3.87. The molecule has 0 radical (unpaired) electrons. The van der Waals surface area contributed by atoms with Crippen LogP contribution >= 0.6 is 15.9 Å². The van der Waals surface area contributed by atoms with Gasteiger partial charge in [0.1, 0.15) is 5.82 Å². The van der Waals surface area contributed by atoms with Crippen molar-refractivity contribution < 1.29 is 4.39 Å². The zero-order valence-electron chi connectivity index (χ0n) is 7.50. The lowest BCUT2D eigenvalue weighted by Gasteiger charge is -2.00. The SMILES string of the molecule is Fc1ccc2nc(CCBr)ccc2c1. The molecule has 0 aliphatic rings. The molecule has 0 fully saturated rings. The predicted octanol–water partition coefficient (Wildman–Crippen LogP) is 3.31. The molecule has 3 heteroatoms. The Morgan fingerprint density at radius 3 is 2.86 bits per heavy atom. The van der Waals surface area contributed by atoms with Gasteiger partial charge in [0.25, 0.3) is 0 Å². The minimum absolute atomic E-state index is 0.215. The summed E-state index contributed by atoms with van der Waals surface area (Å²) in [6.45, 7) is 0. The van der Waals surface area contributed by atoms with Crippen molar-refractivity contribution in [2.45, 2.75) is 6.42 Å². The summed E-state index contributed by atoms with van der Waals surface area (Å²) in [4.78, 5) is 4.41. The van der Waals surface area contributed by atoms with E-state index in [1.54, 1.807) is 6.07 Å². The lowest BCUT2D eigenvalue weighted by atomic mass is 10.2. The number of aryl methyl sites for hydroxylation is 1. The predicted molar refractivity (Wildman–Crippen MR) is 59.2 cm³/mol. The molecule has 1 heterocycles. The van der Waals surface area contributed by atoms with Crippen LogP contribution < -0.4 is 0 Å². The molecule has 0 spiro atoms. The maximum atomic E-state index is 12.8. The van der Waals surface area contributed by atoms with Crippen LogP contribution in [0, 0.1) is 5.82 Å². The Kier molecular flexibility index (Phi) is 2.77. The zero-order valence-corrected chi connectivity index (χ0v) is 9.09. The van der Waals surface area contributed by atoms with Crippen LogP contribution in [0.3, 0.4) is 0 Å². The monoisotopic (exact) mass is 253 g/mol. The summed E-state index contributed by atoms with van der Waals surface area (Å²) in [5.41, 5.74) is 1.88. The van der Waals surface area contributed by atoms with E-state index >= 15 is 0 Å². The molecule has 1 nitrogen and oxygen atoms in total. The molecule has 0 saturated heterocycles. The Labute approximate surface area is 90.1 Å². The number of benzene rings is 1. The normalized spacial score (nSPS) is 10.7. The minimum atomic E-state index is -0.215. The molecule has 72 valence electrons. The number of hydrogen-bond donors (Lipinski definition) is 0. The molecule has 0 aliphatic carbocycles. The first-order chi connectivity index (χ1) is 6.79. The van der Waals surface area contributed by atoms with Crippen molar-refractivity contribution in [3.63, 3.8) is 0 Å². The van der Waals surface area contributed by atoms with Crippen LogP contribution in [-0.2, 0) is 6.42 Å². The molecular formula is C11H9BrFN. The molecule has 1 aromatic carbocycles. The van der Waals surface area contributed by atoms with Gasteiger partial charge in [-0.05, 0) is 30.7 Å². The molecule has 0 N–H and O–H groups in total. The van der Waals surface area contributed by atoms with Crippen molar-refractivity contribution in [2.75, 3.05) is 5.33 Å². The van der Waals surface area contributed by atoms with Gasteiger partial charge in [-0.15, -0.1) is 0 Å². The Hall–Kier alpha value is -0.960. The summed E-state index contributed by atoms with van der Waals surface area (Å²) in [7, 11) is 0. The fourth-order valence-corrected chi connectivity index (χ4v) is 1.78. The van der Waals surface area contributed by atoms with Crippen LogP contribution in [0.25, 0.3) is 10.9 Å². The molecule has 0 amide bonds. The van der Waals surface area contributed by atoms with Gasteiger partial charge < -0.3 is 0 Å². The van der Waals surface area contributed by atoms with E-state index in [-0.39, 0.29) is 5.82 Å². The van der Waals surface area contributed by atoms with E-state index in [0.717, 1.165) is 28.3 Å². The van der Waals surface area contributed by atoms with Gasteiger partial charge in [-0.1, -0.05) is 22.0 Å². The molecular weight excluding hydrogens is 245 g/mol. The van der Waals surface area contributed by atoms with Crippen LogP contribution in [0.15, 0.2) is 30.3 Å². The summed E-state index contributed by atoms with van der Waals surface area (Å²) in [6, 6.07) is 8.49. The summed E-state index contributed by atoms with van der Waals surface area (Å²) in [5.74, 6) is -0.215. The van der Waals surface area contributed by atoms with Gasteiger partial charge in [0.05, 0.1) is 5.52 Å². The maximum absolute atomic E-state index is 12.8. The maximum Gasteiger partial charge on any atom is 0.123 e. The first kappa shape index (κ1) is 9.59. The first-order valence-electron chi connectivity index (χ1n) is 4.41. The van der Waals surface area contributed by atoms with Gasteiger partial charge in [0, 0.05) is 16.4 Å². The second kappa shape index (κ2) is 4.05. The van der Waals surface area contributed by atoms with E-state index in [1.165, 1.54) is 12.1 Å². The third kappa shape index (κ3) is 1.93. The summed E-state index contributed by atoms with van der Waals surface area (Å²) in [6.07, 6.45) is 0.896. The highest BCUT2D eigenvalue weighted by Gasteiger charge is 1.99. The van der Waals surface area contributed by atoms with Gasteiger partial charge in [-0.25, -0.2) is 4.39 Å².